The molecule has 0 fully saturated rings. The third kappa shape index (κ3) is 7.47. The fraction of sp³-hybridized carbons (Fsp3) is 0.367. The molecule has 3 aromatic carbocycles. The maximum Gasteiger partial charge on any atom is 0.250 e. The molecule has 1 aliphatic rings. The van der Waals surface area contributed by atoms with Gasteiger partial charge in [0.05, 0.1) is 24.9 Å². The lowest BCUT2D eigenvalue weighted by molar-refractivity contribution is -0.133. The number of amides is 1. The van der Waals surface area contributed by atoms with Crippen molar-refractivity contribution in [3.8, 4) is 5.75 Å². The Balaban J connectivity index is 1.25. The number of hydrogen-bond donors (Lipinski definition) is 3. The van der Waals surface area contributed by atoms with Gasteiger partial charge in [-0.15, -0.1) is 0 Å². The first-order valence-electron chi connectivity index (χ1n) is 13.0. The summed E-state index contributed by atoms with van der Waals surface area (Å²) in [6.07, 6.45) is 0.845. The maximum absolute atomic E-state index is 13.0. The Labute approximate surface area is 219 Å². The van der Waals surface area contributed by atoms with Crippen LogP contribution < -0.4 is 20.3 Å². The molecule has 1 heterocycles. The van der Waals surface area contributed by atoms with Crippen molar-refractivity contribution in [1.82, 2.24) is 5.32 Å². The molecule has 0 radical (unpaired) electrons. The van der Waals surface area contributed by atoms with Crippen LogP contribution in [0.2, 0.25) is 0 Å². The summed E-state index contributed by atoms with van der Waals surface area (Å²) in [6.45, 7) is 5.60. The van der Waals surface area contributed by atoms with E-state index in [9.17, 15) is 9.90 Å². The molecule has 0 saturated carbocycles. The summed E-state index contributed by atoms with van der Waals surface area (Å²) in [7, 11) is 0. The lowest BCUT2D eigenvalue weighted by atomic mass is 10.0. The molecule has 196 valence electrons. The molecule has 37 heavy (non-hydrogen) atoms. The summed E-state index contributed by atoms with van der Waals surface area (Å²) in [5.41, 5.74) is 4.10. The predicted molar refractivity (Wildman–Crippen MR) is 147 cm³/mol. The number of fused-ring (bicyclic) bond motifs is 1. The SMILES string of the molecule is CCOC(Cc1ccc(NCCCN2CCOc3ccccc32)cc1)C(=O)N[C@@H](CO)c1ccccc1. The van der Waals surface area contributed by atoms with Crippen LogP contribution in [0.3, 0.4) is 0 Å². The average Bonchev–Trinajstić information content (AvgIpc) is 2.95. The van der Waals surface area contributed by atoms with Gasteiger partial charge in [-0.05, 0) is 48.7 Å². The van der Waals surface area contributed by atoms with Crippen molar-refractivity contribution in [2.75, 3.05) is 49.7 Å². The highest BCUT2D eigenvalue weighted by Gasteiger charge is 2.23. The second-order valence-corrected chi connectivity index (χ2v) is 9.08. The standard InChI is InChI=1S/C30H37N3O4/c1-2-36-29(30(35)32-26(22-34)24-9-4-3-5-10-24)21-23-13-15-25(16-14-23)31-17-8-18-33-19-20-37-28-12-7-6-11-27(28)33/h3-7,9-16,26,29,31,34H,2,8,17-22H2,1H3,(H,32,35)/t26-,29?/m0/s1. The van der Waals surface area contributed by atoms with Crippen molar-refractivity contribution in [1.29, 1.82) is 0 Å². The van der Waals surface area contributed by atoms with E-state index in [1.54, 1.807) is 0 Å². The number of ether oxygens (including phenoxy) is 2. The van der Waals surface area contributed by atoms with Gasteiger partial charge in [-0.25, -0.2) is 0 Å². The molecule has 4 rings (SSSR count). The van der Waals surface area contributed by atoms with E-state index in [2.05, 4.69) is 21.6 Å². The number of nitrogens with zero attached hydrogens (tertiary/aromatic N) is 1. The Morgan fingerprint density at radius 2 is 1.81 bits per heavy atom. The summed E-state index contributed by atoms with van der Waals surface area (Å²) in [6, 6.07) is 25.3. The number of hydrogen-bond acceptors (Lipinski definition) is 6. The van der Waals surface area contributed by atoms with Crippen LogP contribution in [0.25, 0.3) is 0 Å². The van der Waals surface area contributed by atoms with E-state index in [-0.39, 0.29) is 12.5 Å². The molecule has 1 aliphatic heterocycles. The number of carbonyl (C=O) groups is 1. The zero-order valence-electron chi connectivity index (χ0n) is 21.4. The molecular formula is C30H37N3O4. The first kappa shape index (κ1) is 26.5. The molecule has 7 heteroatoms. The molecule has 3 N–H and O–H groups in total. The zero-order chi connectivity index (χ0) is 25.9. The van der Waals surface area contributed by atoms with E-state index in [4.69, 9.17) is 9.47 Å². The van der Waals surface area contributed by atoms with Gasteiger partial charge in [0.2, 0.25) is 5.91 Å². The van der Waals surface area contributed by atoms with Crippen molar-refractivity contribution in [2.24, 2.45) is 0 Å². The van der Waals surface area contributed by atoms with Gasteiger partial charge in [0.15, 0.2) is 0 Å². The van der Waals surface area contributed by atoms with Gasteiger partial charge in [-0.1, -0.05) is 54.6 Å². The molecular weight excluding hydrogens is 466 g/mol. The summed E-state index contributed by atoms with van der Waals surface area (Å²) in [4.78, 5) is 15.3. The van der Waals surface area contributed by atoms with Crippen LogP contribution in [0.1, 0.15) is 30.5 Å². The van der Waals surface area contributed by atoms with E-state index in [0.717, 1.165) is 55.2 Å². The second kappa shape index (κ2) is 13.7. The Bertz CT molecular complexity index is 1110. The van der Waals surface area contributed by atoms with E-state index < -0.39 is 12.1 Å². The molecule has 0 aliphatic carbocycles. The smallest absolute Gasteiger partial charge is 0.250 e. The molecule has 0 spiro atoms. The fourth-order valence-electron chi connectivity index (χ4n) is 4.55. The normalized spacial score (nSPS) is 14.3. The average molecular weight is 504 g/mol. The van der Waals surface area contributed by atoms with E-state index >= 15 is 0 Å². The highest BCUT2D eigenvalue weighted by molar-refractivity contribution is 5.81. The minimum absolute atomic E-state index is 0.174. The highest BCUT2D eigenvalue weighted by atomic mass is 16.5. The number of rotatable bonds is 13. The van der Waals surface area contributed by atoms with Crippen molar-refractivity contribution in [3.63, 3.8) is 0 Å². The summed E-state index contributed by atoms with van der Waals surface area (Å²) >= 11 is 0. The monoisotopic (exact) mass is 503 g/mol. The van der Waals surface area contributed by atoms with E-state index in [1.807, 2.05) is 79.7 Å². The minimum Gasteiger partial charge on any atom is -0.490 e. The number of para-hydroxylation sites is 2. The molecule has 2 atom stereocenters. The first-order valence-corrected chi connectivity index (χ1v) is 13.0. The van der Waals surface area contributed by atoms with Crippen molar-refractivity contribution < 1.29 is 19.4 Å². The van der Waals surface area contributed by atoms with Crippen molar-refractivity contribution in [2.45, 2.75) is 31.9 Å². The van der Waals surface area contributed by atoms with Gasteiger partial charge in [0.1, 0.15) is 18.5 Å². The van der Waals surface area contributed by atoms with Crippen LogP contribution in [0.4, 0.5) is 11.4 Å². The van der Waals surface area contributed by atoms with Crippen LogP contribution in [0, 0.1) is 0 Å². The van der Waals surface area contributed by atoms with Crippen LogP contribution in [0.15, 0.2) is 78.9 Å². The molecule has 0 aromatic heterocycles. The summed E-state index contributed by atoms with van der Waals surface area (Å²) in [5.74, 6) is 0.736. The fourth-order valence-corrected chi connectivity index (χ4v) is 4.55. The Hall–Kier alpha value is -3.55. The lowest BCUT2D eigenvalue weighted by Crippen LogP contribution is -2.41. The van der Waals surface area contributed by atoms with Gasteiger partial charge in [-0.3, -0.25) is 4.79 Å². The predicted octanol–water partition coefficient (Wildman–Crippen LogP) is 4.19. The van der Waals surface area contributed by atoms with Crippen molar-refractivity contribution >= 4 is 17.3 Å². The number of carbonyl (C=O) groups excluding carboxylic acids is 1. The van der Waals surface area contributed by atoms with Crippen LogP contribution in [0.5, 0.6) is 5.75 Å². The second-order valence-electron chi connectivity index (χ2n) is 9.08. The number of aliphatic hydroxyl groups excluding tert-OH is 1. The Morgan fingerprint density at radius 3 is 2.57 bits per heavy atom. The Kier molecular flexibility index (Phi) is 9.80. The number of benzene rings is 3. The quantitative estimate of drug-likeness (QED) is 0.304. The minimum atomic E-state index is -0.627. The maximum atomic E-state index is 13.0. The van der Waals surface area contributed by atoms with Gasteiger partial charge in [0, 0.05) is 31.8 Å². The lowest BCUT2D eigenvalue weighted by Gasteiger charge is -2.31. The number of anilines is 2. The van der Waals surface area contributed by atoms with Gasteiger partial charge < -0.3 is 30.1 Å². The molecule has 0 bridgehead atoms. The third-order valence-electron chi connectivity index (χ3n) is 6.49. The van der Waals surface area contributed by atoms with Gasteiger partial charge >= 0.3 is 0 Å². The molecule has 7 nitrogen and oxygen atoms in total. The zero-order valence-corrected chi connectivity index (χ0v) is 21.4. The molecule has 0 saturated heterocycles. The summed E-state index contributed by atoms with van der Waals surface area (Å²) < 4.78 is 11.5. The first-order chi connectivity index (χ1) is 18.2. The van der Waals surface area contributed by atoms with Crippen LogP contribution in [-0.4, -0.2) is 56.6 Å². The molecule has 1 unspecified atom stereocenters. The van der Waals surface area contributed by atoms with E-state index in [0.29, 0.717) is 13.0 Å². The largest absolute Gasteiger partial charge is 0.490 e. The van der Waals surface area contributed by atoms with Gasteiger partial charge in [-0.2, -0.15) is 0 Å². The number of aliphatic hydroxyl groups is 1. The molecule has 1 amide bonds. The highest BCUT2D eigenvalue weighted by Crippen LogP contribution is 2.30. The number of nitrogens with one attached hydrogen (secondary N) is 2. The van der Waals surface area contributed by atoms with Crippen LogP contribution >= 0.6 is 0 Å². The van der Waals surface area contributed by atoms with Crippen molar-refractivity contribution in [3.05, 3.63) is 90.0 Å². The van der Waals surface area contributed by atoms with Crippen LogP contribution in [-0.2, 0) is 16.0 Å². The van der Waals surface area contributed by atoms with Gasteiger partial charge in [0.25, 0.3) is 0 Å². The Morgan fingerprint density at radius 1 is 1.05 bits per heavy atom. The topological polar surface area (TPSA) is 83.1 Å². The van der Waals surface area contributed by atoms with E-state index in [1.165, 1.54) is 5.69 Å². The molecule has 3 aromatic rings. The summed E-state index contributed by atoms with van der Waals surface area (Å²) in [5, 5.41) is 16.2. The third-order valence-corrected chi connectivity index (χ3v) is 6.49.